The number of aromatic amines is 2. The summed E-state index contributed by atoms with van der Waals surface area (Å²) in [7, 11) is 2.49. The lowest BCUT2D eigenvalue weighted by molar-refractivity contribution is -0.137. The molecule has 4 amide bonds. The number of imidazole rings is 2. The molecule has 65 heavy (non-hydrogen) atoms. The van der Waals surface area contributed by atoms with Gasteiger partial charge in [-0.1, -0.05) is 69.3 Å². The van der Waals surface area contributed by atoms with Gasteiger partial charge < -0.3 is 49.8 Å². The molecule has 352 valence electrons. The van der Waals surface area contributed by atoms with Crippen molar-refractivity contribution in [3.8, 4) is 33.6 Å². The lowest BCUT2D eigenvalue weighted by Crippen LogP contribution is -2.53. The van der Waals surface area contributed by atoms with Crippen LogP contribution in [0.3, 0.4) is 0 Å². The molecule has 18 heteroatoms. The number of hydrogen-bond acceptors (Lipinski definition) is 10. The van der Waals surface area contributed by atoms with Crippen LogP contribution < -0.4 is 11.1 Å². The average molecular weight is 905 g/mol. The molecule has 4 atom stereocenters. The minimum absolute atomic E-state index is 0.0866. The highest BCUT2D eigenvalue weighted by Gasteiger charge is 2.42. The summed E-state index contributed by atoms with van der Waals surface area (Å²) in [5.74, 6) is 0.0828. The largest absolute Gasteiger partial charge is 0.453 e. The predicted octanol–water partition coefficient (Wildman–Crippen LogP) is 7.52. The van der Waals surface area contributed by atoms with E-state index in [0.29, 0.717) is 99.7 Å². The van der Waals surface area contributed by atoms with E-state index in [0.717, 1.165) is 30.4 Å². The van der Waals surface area contributed by atoms with Crippen molar-refractivity contribution in [2.75, 3.05) is 47.2 Å². The number of nitrogens with one attached hydrogen (secondary N) is 3. The summed E-state index contributed by atoms with van der Waals surface area (Å²) in [6, 6.07) is 13.6. The molecule has 4 aliphatic rings. The molecule has 4 aromatic rings. The van der Waals surface area contributed by atoms with E-state index in [2.05, 4.69) is 42.6 Å². The van der Waals surface area contributed by atoms with E-state index in [1.807, 2.05) is 55.1 Å². The maximum atomic E-state index is 15.5. The van der Waals surface area contributed by atoms with Crippen LogP contribution in [0.15, 0.2) is 48.5 Å². The van der Waals surface area contributed by atoms with E-state index < -0.39 is 36.2 Å². The second-order valence-corrected chi connectivity index (χ2v) is 16.6. The van der Waals surface area contributed by atoms with Gasteiger partial charge in [0.25, 0.3) is 0 Å². The van der Waals surface area contributed by atoms with Gasteiger partial charge in [-0.25, -0.2) is 19.6 Å². The number of nitrogens with two attached hydrogens (primary N) is 1. The Morgan fingerprint density at radius 1 is 0.831 bits per heavy atom. The van der Waals surface area contributed by atoms with Crippen LogP contribution >= 0.6 is 0 Å². The number of benzene rings is 2. The van der Waals surface area contributed by atoms with Crippen molar-refractivity contribution in [3.05, 3.63) is 72.1 Å². The van der Waals surface area contributed by atoms with E-state index >= 15 is 8.78 Å². The van der Waals surface area contributed by atoms with Crippen LogP contribution in [-0.4, -0.2) is 113 Å². The van der Waals surface area contributed by atoms with Crippen LogP contribution in [0.4, 0.5) is 18.4 Å². The Balaban J connectivity index is 0.000000937. The summed E-state index contributed by atoms with van der Waals surface area (Å²) >= 11 is 0. The molecule has 0 bridgehead atoms. The zero-order valence-electron chi connectivity index (χ0n) is 37.9. The highest BCUT2D eigenvalue weighted by Crippen LogP contribution is 2.38. The van der Waals surface area contributed by atoms with Crippen LogP contribution in [0.1, 0.15) is 89.8 Å². The smallest absolute Gasteiger partial charge is 0.407 e. The molecule has 5 N–H and O–H groups in total. The fourth-order valence-corrected chi connectivity index (χ4v) is 8.74. The van der Waals surface area contributed by atoms with Gasteiger partial charge in [-0.15, -0.1) is 0 Å². The summed E-state index contributed by atoms with van der Waals surface area (Å²) in [4.78, 5) is 67.3. The van der Waals surface area contributed by atoms with E-state index in [1.54, 1.807) is 17.0 Å². The molecule has 1 saturated carbocycles. The fraction of sp³-hybridized carbons (Fsp3) is 0.532. The molecule has 0 spiro atoms. The molecule has 0 radical (unpaired) electrons. The molecule has 3 saturated heterocycles. The normalized spacial score (nSPS) is 20.0. The third-order valence-electron chi connectivity index (χ3n) is 12.5. The highest BCUT2D eigenvalue weighted by atomic mass is 19.1. The minimum atomic E-state index is -0.787. The number of likely N-dealkylation sites (tertiary alicyclic amines) is 1. The number of primary amides is 1. The van der Waals surface area contributed by atoms with Crippen LogP contribution in [0.5, 0.6) is 0 Å². The summed E-state index contributed by atoms with van der Waals surface area (Å²) < 4.78 is 50.4. The number of nitrogens with zero attached hydrogens (tertiary/aromatic N) is 4. The van der Waals surface area contributed by atoms with Gasteiger partial charge in [0.1, 0.15) is 29.1 Å². The lowest BCUT2D eigenvalue weighted by Gasteiger charge is -2.34. The number of alkyl carbamates (subject to hydrolysis) is 1. The Morgan fingerprint density at radius 2 is 1.35 bits per heavy atom. The summed E-state index contributed by atoms with van der Waals surface area (Å²) in [6.45, 7) is 9.20. The summed E-state index contributed by atoms with van der Waals surface area (Å²) in [5.41, 5.74) is 7.69. The number of methoxy groups -OCH3 is 2. The molecule has 2 aromatic heterocycles. The molecule has 16 nitrogen and oxygen atoms in total. The molecular formula is C47H62F2N8O8. The number of amides is 4. The second-order valence-electron chi connectivity index (χ2n) is 16.6. The predicted molar refractivity (Wildman–Crippen MR) is 238 cm³/mol. The number of carbonyl (C=O) groups excluding carboxylic acids is 4. The van der Waals surface area contributed by atoms with E-state index in [4.69, 9.17) is 14.2 Å². The van der Waals surface area contributed by atoms with E-state index in [1.165, 1.54) is 14.2 Å². The maximum Gasteiger partial charge on any atom is 0.407 e. The Labute approximate surface area is 378 Å². The summed E-state index contributed by atoms with van der Waals surface area (Å²) in [6.07, 6.45) is 4.32. The van der Waals surface area contributed by atoms with Crippen LogP contribution in [0.2, 0.25) is 0 Å². The van der Waals surface area contributed by atoms with Crippen molar-refractivity contribution in [1.82, 2.24) is 35.1 Å². The first kappa shape index (κ1) is 48.6. The first-order valence-corrected chi connectivity index (χ1v) is 22.6. The number of halogens is 2. The van der Waals surface area contributed by atoms with Crippen molar-refractivity contribution in [2.45, 2.75) is 96.8 Å². The summed E-state index contributed by atoms with van der Waals surface area (Å²) in [5, 5.41) is 2.74. The molecule has 2 unspecified atom stereocenters. The first-order chi connectivity index (χ1) is 31.4. The Bertz CT molecular complexity index is 2210. The Hall–Kier alpha value is -5.88. The van der Waals surface area contributed by atoms with E-state index in [-0.39, 0.29) is 41.7 Å². The van der Waals surface area contributed by atoms with Gasteiger partial charge in [-0.2, -0.15) is 8.78 Å². The number of hydrogen-bond donors (Lipinski definition) is 4. The van der Waals surface area contributed by atoms with Gasteiger partial charge in [0.05, 0.1) is 26.8 Å². The number of rotatable bonds is 12. The standard InChI is InChI=1S/C43H51F2N7O6.C2H5NO2.C2H6/c1-25-22-33(25)52(35(53)23-26-13-18-57-19-14-26)24-34-46-36(39(44)47-34)29-9-5-27(6-10-29)28-7-11-30(12-8-28)37-40(45)50-41(48-37)32-4-3-17-51(32)42(54)38(49-43(55)56-2)31-15-20-58-21-16-31;1-5-2(3)4;1-2/h5-12,25-26,31-33,38H,3-4,13-24H2,1-2H3,(H,46,47)(H,48,50)(H,49,55);1H3,(H2,3,4);1-2H3/t25-,32?,33+,38?;;/m0../s1. The molecule has 8 rings (SSSR count). The van der Waals surface area contributed by atoms with Crippen molar-refractivity contribution >= 4 is 24.0 Å². The zero-order valence-corrected chi connectivity index (χ0v) is 37.9. The third kappa shape index (κ3) is 12.3. The maximum absolute atomic E-state index is 15.5. The van der Waals surface area contributed by atoms with Gasteiger partial charge in [0.15, 0.2) is 0 Å². The SMILES string of the molecule is CC.COC(=O)NC(C(=O)N1CCCC1c1nc(-c2ccc(-c3ccc(-c4nc(CN(C(=O)CC5CCOCC5)[C@@H]5C[C@@H]5C)[nH]c4F)cc3)cc2)c(F)[nH]1)C1CCOCC1.COC(N)=O. The van der Waals surface area contributed by atoms with Gasteiger partial charge in [0.2, 0.25) is 23.7 Å². The topological polar surface area (TPSA) is 207 Å². The first-order valence-electron chi connectivity index (χ1n) is 22.6. The zero-order chi connectivity index (χ0) is 46.6. The fourth-order valence-electron chi connectivity index (χ4n) is 8.74. The number of aromatic nitrogens is 4. The van der Waals surface area contributed by atoms with Crippen molar-refractivity contribution < 1.29 is 46.9 Å². The third-order valence-corrected chi connectivity index (χ3v) is 12.5. The molecule has 4 fully saturated rings. The van der Waals surface area contributed by atoms with Crippen molar-refractivity contribution in [2.24, 2.45) is 23.5 Å². The minimum Gasteiger partial charge on any atom is -0.453 e. The number of H-pyrrole nitrogens is 2. The molecule has 2 aromatic carbocycles. The van der Waals surface area contributed by atoms with Crippen LogP contribution in [0, 0.1) is 29.6 Å². The average Bonchev–Trinajstić information content (AvgIpc) is 3.63. The molecule has 1 aliphatic carbocycles. The monoisotopic (exact) mass is 904 g/mol. The number of ether oxygens (including phenoxy) is 4. The van der Waals surface area contributed by atoms with Crippen LogP contribution in [0.25, 0.3) is 33.6 Å². The van der Waals surface area contributed by atoms with Crippen molar-refractivity contribution in [3.63, 3.8) is 0 Å². The van der Waals surface area contributed by atoms with Gasteiger partial charge in [-0.05, 0) is 73.8 Å². The van der Waals surface area contributed by atoms with Crippen LogP contribution in [-0.2, 0) is 35.1 Å². The molecular weight excluding hydrogens is 843 g/mol. The molecule has 5 heterocycles. The van der Waals surface area contributed by atoms with Gasteiger partial charge in [0, 0.05) is 56.6 Å². The Kier molecular flexibility index (Phi) is 17.1. The Morgan fingerprint density at radius 3 is 1.89 bits per heavy atom. The highest BCUT2D eigenvalue weighted by molar-refractivity contribution is 5.86. The molecule has 3 aliphatic heterocycles. The van der Waals surface area contributed by atoms with Crippen molar-refractivity contribution in [1.29, 1.82) is 0 Å². The quantitative estimate of drug-likeness (QED) is 0.110. The second kappa shape index (κ2) is 22.8. The lowest BCUT2D eigenvalue weighted by atomic mass is 9.90. The number of carbonyl (C=O) groups is 4. The van der Waals surface area contributed by atoms with Gasteiger partial charge in [-0.3, -0.25) is 9.59 Å². The van der Waals surface area contributed by atoms with Gasteiger partial charge >= 0.3 is 12.2 Å². The van der Waals surface area contributed by atoms with E-state index in [9.17, 15) is 19.2 Å².